The highest BCUT2D eigenvalue weighted by Gasteiger charge is 2.66. The third-order valence-electron chi connectivity index (χ3n) is 3.36. The van der Waals surface area contributed by atoms with Crippen LogP contribution >= 0.6 is 0 Å². The molecule has 3 aliphatic heterocycles. The fraction of sp³-hybridized carbons (Fsp3) is 1.00. The first-order valence-corrected chi connectivity index (χ1v) is 6.23. The lowest BCUT2D eigenvalue weighted by molar-refractivity contribution is -0.407. The maximum Gasteiger partial charge on any atom is 0.259 e. The van der Waals surface area contributed by atoms with Gasteiger partial charge in [-0.1, -0.05) is 13.8 Å². The highest BCUT2D eigenvalue weighted by molar-refractivity contribution is 4.95. The predicted octanol–water partition coefficient (Wildman–Crippen LogP) is 2.24. The van der Waals surface area contributed by atoms with Crippen LogP contribution in [-0.2, 0) is 29.0 Å². The zero-order chi connectivity index (χ0) is 13.2. The first-order valence-electron chi connectivity index (χ1n) is 6.23. The second-order valence-electron chi connectivity index (χ2n) is 6.76. The summed E-state index contributed by atoms with van der Waals surface area (Å²) in [6, 6.07) is 0. The summed E-state index contributed by atoms with van der Waals surface area (Å²) in [5.74, 6) is -2.64. The molecular weight excluding hydrogens is 240 g/mol. The summed E-state index contributed by atoms with van der Waals surface area (Å²) in [5, 5.41) is 0. The van der Waals surface area contributed by atoms with Gasteiger partial charge in [0, 0.05) is 12.8 Å². The van der Waals surface area contributed by atoms with Crippen LogP contribution in [0.1, 0.15) is 47.5 Å². The van der Waals surface area contributed by atoms with Gasteiger partial charge in [0.25, 0.3) is 12.1 Å². The zero-order valence-corrected chi connectivity index (χ0v) is 11.4. The molecule has 3 atom stereocenters. The fourth-order valence-electron chi connectivity index (χ4n) is 3.08. The minimum absolute atomic E-state index is 0.00293. The van der Waals surface area contributed by atoms with Gasteiger partial charge >= 0.3 is 0 Å². The number of hydrogen-bond donors (Lipinski definition) is 0. The van der Waals surface area contributed by atoms with Gasteiger partial charge in [0.2, 0.25) is 5.79 Å². The molecule has 0 amide bonds. The quantitative estimate of drug-likeness (QED) is 0.674. The largest absolute Gasteiger partial charge is 0.310 e. The molecule has 0 N–H and O–H groups in total. The van der Waals surface area contributed by atoms with Gasteiger partial charge in [-0.2, -0.15) is 19.6 Å². The molecule has 3 heterocycles. The number of fused-ring (bicyclic) bond motifs is 2. The maximum absolute atomic E-state index is 5.91. The summed E-state index contributed by atoms with van der Waals surface area (Å²) in [6.45, 7) is 9.68. The number of hydrogen-bond acceptors (Lipinski definition) is 6. The molecule has 0 aromatic heterocycles. The van der Waals surface area contributed by atoms with Crippen LogP contribution in [0.2, 0.25) is 0 Å². The number of ether oxygens (including phenoxy) is 2. The molecule has 0 radical (unpaired) electrons. The first kappa shape index (κ1) is 12.8. The second kappa shape index (κ2) is 3.45. The molecule has 0 aliphatic carbocycles. The van der Waals surface area contributed by atoms with Gasteiger partial charge in [0.05, 0.1) is 0 Å². The van der Waals surface area contributed by atoms with Crippen LogP contribution in [-0.4, -0.2) is 23.7 Å². The van der Waals surface area contributed by atoms with E-state index in [0.717, 1.165) is 6.42 Å². The highest BCUT2D eigenvalue weighted by atomic mass is 17.3. The molecule has 3 aliphatic rings. The highest BCUT2D eigenvalue weighted by Crippen LogP contribution is 2.55. The SMILES string of the molecule is CC1(C)CC2(C)OOC(C3OOC(C)(C)O3)(C1)O2. The Hall–Kier alpha value is -0.240. The molecule has 2 bridgehead atoms. The van der Waals surface area contributed by atoms with Crippen molar-refractivity contribution in [1.29, 1.82) is 0 Å². The van der Waals surface area contributed by atoms with Crippen LogP contribution in [0.4, 0.5) is 0 Å². The van der Waals surface area contributed by atoms with Crippen molar-refractivity contribution in [2.75, 3.05) is 0 Å². The minimum atomic E-state index is -1.07. The molecule has 0 aromatic rings. The van der Waals surface area contributed by atoms with E-state index < -0.39 is 23.7 Å². The standard InChI is InChI=1S/C12H20O6/c1-9(2)6-11(5)15-12(7-9,18-17-11)8-13-10(3,4)16-14-8/h8H,6-7H2,1-5H3. The van der Waals surface area contributed by atoms with E-state index >= 15 is 0 Å². The van der Waals surface area contributed by atoms with E-state index in [4.69, 9.17) is 29.0 Å². The number of rotatable bonds is 1. The van der Waals surface area contributed by atoms with E-state index in [1.165, 1.54) is 0 Å². The minimum Gasteiger partial charge on any atom is -0.310 e. The molecule has 6 nitrogen and oxygen atoms in total. The lowest BCUT2D eigenvalue weighted by Gasteiger charge is -2.42. The van der Waals surface area contributed by atoms with Crippen molar-refractivity contribution >= 4 is 0 Å². The van der Waals surface area contributed by atoms with E-state index in [1.807, 2.05) is 6.92 Å². The van der Waals surface area contributed by atoms with E-state index in [2.05, 4.69) is 13.8 Å². The molecule has 0 saturated carbocycles. The Morgan fingerprint density at radius 2 is 1.61 bits per heavy atom. The first-order chi connectivity index (χ1) is 8.14. The third-order valence-corrected chi connectivity index (χ3v) is 3.36. The molecule has 18 heavy (non-hydrogen) atoms. The molecule has 0 spiro atoms. The summed E-state index contributed by atoms with van der Waals surface area (Å²) >= 11 is 0. The van der Waals surface area contributed by atoms with Gasteiger partial charge in [-0.05, 0) is 26.2 Å². The van der Waals surface area contributed by atoms with E-state index in [-0.39, 0.29) is 5.41 Å². The van der Waals surface area contributed by atoms with Crippen LogP contribution in [0.25, 0.3) is 0 Å². The Kier molecular flexibility index (Phi) is 2.45. The van der Waals surface area contributed by atoms with Crippen molar-refractivity contribution in [3.05, 3.63) is 0 Å². The Balaban J connectivity index is 1.87. The Morgan fingerprint density at radius 1 is 0.889 bits per heavy atom. The van der Waals surface area contributed by atoms with Gasteiger partial charge in [-0.25, -0.2) is 0 Å². The van der Waals surface area contributed by atoms with Gasteiger partial charge in [0.15, 0.2) is 5.79 Å². The van der Waals surface area contributed by atoms with Crippen LogP contribution in [0.3, 0.4) is 0 Å². The maximum atomic E-state index is 5.91. The summed E-state index contributed by atoms with van der Waals surface area (Å²) < 4.78 is 11.6. The van der Waals surface area contributed by atoms with Crippen LogP contribution in [0.5, 0.6) is 0 Å². The summed E-state index contributed by atoms with van der Waals surface area (Å²) in [5.41, 5.74) is 0.00293. The smallest absolute Gasteiger partial charge is 0.259 e. The normalized spacial score (nSPS) is 49.5. The van der Waals surface area contributed by atoms with Crippen molar-refractivity contribution < 1.29 is 29.0 Å². The van der Waals surface area contributed by atoms with E-state index in [9.17, 15) is 0 Å². The van der Waals surface area contributed by atoms with Gasteiger partial charge in [-0.15, -0.1) is 0 Å². The third kappa shape index (κ3) is 1.97. The summed E-state index contributed by atoms with van der Waals surface area (Å²) in [7, 11) is 0. The summed E-state index contributed by atoms with van der Waals surface area (Å²) in [6.07, 6.45) is 0.604. The molecule has 3 fully saturated rings. The van der Waals surface area contributed by atoms with E-state index in [1.54, 1.807) is 13.8 Å². The van der Waals surface area contributed by atoms with Crippen molar-refractivity contribution in [1.82, 2.24) is 0 Å². The lowest BCUT2D eigenvalue weighted by atomic mass is 9.77. The monoisotopic (exact) mass is 260 g/mol. The van der Waals surface area contributed by atoms with Crippen molar-refractivity contribution in [2.24, 2.45) is 5.41 Å². The molecule has 3 unspecified atom stereocenters. The fourth-order valence-corrected chi connectivity index (χ4v) is 3.08. The Bertz CT molecular complexity index is 368. The molecule has 3 saturated heterocycles. The molecular formula is C12H20O6. The lowest BCUT2D eigenvalue weighted by Crippen LogP contribution is -2.53. The van der Waals surface area contributed by atoms with Crippen molar-refractivity contribution in [2.45, 2.75) is 71.1 Å². The zero-order valence-electron chi connectivity index (χ0n) is 11.4. The Labute approximate surface area is 106 Å². The average Bonchev–Trinajstić information content (AvgIpc) is 2.64. The molecule has 104 valence electrons. The van der Waals surface area contributed by atoms with Gasteiger partial charge in [-0.3, -0.25) is 0 Å². The van der Waals surface area contributed by atoms with Crippen LogP contribution in [0.15, 0.2) is 0 Å². The second-order valence-corrected chi connectivity index (χ2v) is 6.76. The average molecular weight is 260 g/mol. The van der Waals surface area contributed by atoms with Crippen molar-refractivity contribution in [3.63, 3.8) is 0 Å². The van der Waals surface area contributed by atoms with E-state index in [0.29, 0.717) is 6.42 Å². The van der Waals surface area contributed by atoms with Crippen LogP contribution in [0, 0.1) is 5.41 Å². The van der Waals surface area contributed by atoms with Crippen molar-refractivity contribution in [3.8, 4) is 0 Å². The molecule has 0 aromatic carbocycles. The van der Waals surface area contributed by atoms with Gasteiger partial charge < -0.3 is 9.47 Å². The molecule has 6 heteroatoms. The van der Waals surface area contributed by atoms with Crippen LogP contribution < -0.4 is 0 Å². The van der Waals surface area contributed by atoms with Gasteiger partial charge in [0.1, 0.15) is 0 Å². The Morgan fingerprint density at radius 3 is 2.22 bits per heavy atom. The predicted molar refractivity (Wildman–Crippen MR) is 58.5 cm³/mol. The topological polar surface area (TPSA) is 55.4 Å². The molecule has 3 rings (SSSR count). The summed E-state index contributed by atoms with van der Waals surface area (Å²) in [4.78, 5) is 21.1.